The van der Waals surface area contributed by atoms with Gasteiger partial charge in [0.05, 0.1) is 12.8 Å². The van der Waals surface area contributed by atoms with Crippen molar-refractivity contribution in [2.75, 3.05) is 32.1 Å². The smallest absolute Gasteiger partial charge is 0.304 e. The number of carbonyl (C=O) groups excluding carboxylic acids is 2. The third-order valence-corrected chi connectivity index (χ3v) is 8.48. The molecule has 1 aliphatic carbocycles. The van der Waals surface area contributed by atoms with Crippen LogP contribution in [-0.2, 0) is 26.3 Å². The summed E-state index contributed by atoms with van der Waals surface area (Å²) in [5, 5.41) is 3.11. The molecule has 0 aliphatic heterocycles. The standard InChI is InChI=1S/C27H38N4O5S/c1-5-25(27(33)28-22-11-9-10-12-22)30(19-21-15-17-24(36-4)18-16-21)26(32)20-31(37(34,35)29(2)3)23-13-7-6-8-14-23/h6-8,13-18,22,25H,5,9-12,19-20H2,1-4H3,(H,28,33)/t25-/m0/s1. The summed E-state index contributed by atoms with van der Waals surface area (Å²) in [6.07, 6.45) is 4.40. The number of rotatable bonds is 12. The van der Waals surface area contributed by atoms with Crippen molar-refractivity contribution in [1.82, 2.24) is 14.5 Å². The van der Waals surface area contributed by atoms with Gasteiger partial charge in [-0.2, -0.15) is 12.7 Å². The highest BCUT2D eigenvalue weighted by molar-refractivity contribution is 7.90. The number of methoxy groups -OCH3 is 1. The van der Waals surface area contributed by atoms with E-state index in [2.05, 4.69) is 5.32 Å². The molecular weight excluding hydrogens is 492 g/mol. The van der Waals surface area contributed by atoms with Crippen LogP contribution in [-0.4, -0.2) is 69.3 Å². The molecule has 0 aromatic heterocycles. The molecule has 37 heavy (non-hydrogen) atoms. The fourth-order valence-electron chi connectivity index (χ4n) is 4.53. The van der Waals surface area contributed by atoms with Crippen LogP contribution in [0.2, 0.25) is 0 Å². The van der Waals surface area contributed by atoms with Crippen LogP contribution in [0.4, 0.5) is 5.69 Å². The minimum atomic E-state index is -3.97. The molecule has 1 fully saturated rings. The van der Waals surface area contributed by atoms with Crippen molar-refractivity contribution >= 4 is 27.7 Å². The van der Waals surface area contributed by atoms with Crippen LogP contribution in [0, 0.1) is 0 Å². The van der Waals surface area contributed by atoms with Gasteiger partial charge in [-0.1, -0.05) is 50.1 Å². The first-order valence-corrected chi connectivity index (χ1v) is 14.0. The predicted molar refractivity (Wildman–Crippen MR) is 144 cm³/mol. The van der Waals surface area contributed by atoms with Gasteiger partial charge in [0.15, 0.2) is 0 Å². The monoisotopic (exact) mass is 530 g/mol. The van der Waals surface area contributed by atoms with E-state index in [1.54, 1.807) is 49.6 Å². The van der Waals surface area contributed by atoms with Gasteiger partial charge in [-0.15, -0.1) is 0 Å². The topological polar surface area (TPSA) is 99.3 Å². The molecule has 1 aliphatic rings. The lowest BCUT2D eigenvalue weighted by Crippen LogP contribution is -2.54. The zero-order valence-electron chi connectivity index (χ0n) is 22.1. The summed E-state index contributed by atoms with van der Waals surface area (Å²) in [5.74, 6) is 0.0106. The van der Waals surface area contributed by atoms with Gasteiger partial charge in [0, 0.05) is 26.7 Å². The Morgan fingerprint density at radius 2 is 1.65 bits per heavy atom. The lowest BCUT2D eigenvalue weighted by atomic mass is 10.1. The quantitative estimate of drug-likeness (QED) is 0.455. The molecule has 3 rings (SSSR count). The molecule has 0 bridgehead atoms. The third kappa shape index (κ3) is 7.23. The number of carbonyl (C=O) groups is 2. The van der Waals surface area contributed by atoms with Gasteiger partial charge in [0.25, 0.3) is 0 Å². The average Bonchev–Trinajstić information content (AvgIpc) is 3.40. The highest BCUT2D eigenvalue weighted by Crippen LogP contribution is 2.23. The Kier molecular flexibility index (Phi) is 9.93. The Balaban J connectivity index is 1.94. The van der Waals surface area contributed by atoms with Crippen LogP contribution >= 0.6 is 0 Å². The number of anilines is 1. The summed E-state index contributed by atoms with van der Waals surface area (Å²) in [7, 11) is 0.457. The molecule has 2 aromatic carbocycles. The van der Waals surface area contributed by atoms with E-state index in [0.717, 1.165) is 39.9 Å². The highest BCUT2D eigenvalue weighted by atomic mass is 32.2. The van der Waals surface area contributed by atoms with E-state index in [9.17, 15) is 18.0 Å². The molecule has 1 N–H and O–H groups in total. The number of para-hydroxylation sites is 1. The van der Waals surface area contributed by atoms with Crippen molar-refractivity contribution in [1.29, 1.82) is 0 Å². The first-order chi connectivity index (χ1) is 17.7. The molecule has 2 amide bonds. The van der Waals surface area contributed by atoms with Crippen molar-refractivity contribution in [3.05, 3.63) is 60.2 Å². The van der Waals surface area contributed by atoms with Gasteiger partial charge >= 0.3 is 10.2 Å². The van der Waals surface area contributed by atoms with Crippen molar-refractivity contribution in [3.8, 4) is 5.75 Å². The van der Waals surface area contributed by atoms with Crippen LogP contribution < -0.4 is 14.4 Å². The van der Waals surface area contributed by atoms with Gasteiger partial charge in [-0.05, 0) is 49.1 Å². The van der Waals surface area contributed by atoms with Gasteiger partial charge < -0.3 is 15.0 Å². The second kappa shape index (κ2) is 12.9. The van der Waals surface area contributed by atoms with Crippen molar-refractivity contribution in [2.24, 2.45) is 0 Å². The summed E-state index contributed by atoms with van der Waals surface area (Å²) in [4.78, 5) is 28.7. The summed E-state index contributed by atoms with van der Waals surface area (Å²) < 4.78 is 33.8. The maximum Gasteiger partial charge on any atom is 0.304 e. The molecular formula is C27H38N4O5S. The summed E-state index contributed by atoms with van der Waals surface area (Å²) >= 11 is 0. The number of hydrogen-bond donors (Lipinski definition) is 1. The van der Waals surface area contributed by atoms with Crippen LogP contribution in [0.25, 0.3) is 0 Å². The normalized spacial score (nSPS) is 14.8. The molecule has 0 spiro atoms. The summed E-state index contributed by atoms with van der Waals surface area (Å²) in [5.41, 5.74) is 1.18. The van der Waals surface area contributed by atoms with Crippen LogP contribution in [0.1, 0.15) is 44.6 Å². The predicted octanol–water partition coefficient (Wildman–Crippen LogP) is 3.17. The molecule has 0 heterocycles. The Morgan fingerprint density at radius 1 is 1.03 bits per heavy atom. The second-order valence-corrected chi connectivity index (χ2v) is 11.5. The Bertz CT molecular complexity index is 1130. The Labute approximate surface area is 220 Å². The molecule has 1 atom stereocenters. The maximum absolute atomic E-state index is 13.9. The zero-order valence-corrected chi connectivity index (χ0v) is 22.9. The maximum atomic E-state index is 13.9. The molecule has 2 aromatic rings. The van der Waals surface area contributed by atoms with E-state index in [1.807, 2.05) is 19.1 Å². The van der Waals surface area contributed by atoms with Gasteiger partial charge in [0.1, 0.15) is 18.3 Å². The molecule has 0 radical (unpaired) electrons. The van der Waals surface area contributed by atoms with E-state index < -0.39 is 28.7 Å². The summed E-state index contributed by atoms with van der Waals surface area (Å²) in [6.45, 7) is 1.58. The Hall–Kier alpha value is -3.11. The molecule has 0 unspecified atom stereocenters. The molecule has 0 saturated heterocycles. The van der Waals surface area contributed by atoms with Gasteiger partial charge in [-0.3, -0.25) is 9.59 Å². The highest BCUT2D eigenvalue weighted by Gasteiger charge is 2.34. The SMILES string of the molecule is CC[C@@H](C(=O)NC1CCCC1)N(Cc1ccc(OC)cc1)C(=O)CN(c1ccccc1)S(=O)(=O)N(C)C. The number of nitrogens with zero attached hydrogens (tertiary/aromatic N) is 3. The summed E-state index contributed by atoms with van der Waals surface area (Å²) in [6, 6.07) is 15.1. The van der Waals surface area contributed by atoms with E-state index in [0.29, 0.717) is 17.9 Å². The largest absolute Gasteiger partial charge is 0.497 e. The van der Waals surface area contributed by atoms with Crippen molar-refractivity contribution in [2.45, 2.75) is 57.7 Å². The number of ether oxygens (including phenoxy) is 1. The van der Waals surface area contributed by atoms with Crippen LogP contribution in [0.3, 0.4) is 0 Å². The lowest BCUT2D eigenvalue weighted by molar-refractivity contribution is -0.140. The number of nitrogens with one attached hydrogen (secondary N) is 1. The number of hydrogen-bond acceptors (Lipinski definition) is 5. The Morgan fingerprint density at radius 3 is 2.19 bits per heavy atom. The molecule has 9 nitrogen and oxygen atoms in total. The van der Waals surface area contributed by atoms with E-state index in [-0.39, 0.29) is 18.5 Å². The second-order valence-electron chi connectivity index (χ2n) is 9.42. The fraction of sp³-hybridized carbons (Fsp3) is 0.481. The first-order valence-electron chi connectivity index (χ1n) is 12.6. The van der Waals surface area contributed by atoms with Gasteiger partial charge in [0.2, 0.25) is 11.8 Å². The van der Waals surface area contributed by atoms with Gasteiger partial charge in [-0.25, -0.2) is 4.31 Å². The minimum absolute atomic E-state index is 0.106. The number of benzene rings is 2. The van der Waals surface area contributed by atoms with E-state index in [1.165, 1.54) is 19.0 Å². The molecule has 1 saturated carbocycles. The lowest BCUT2D eigenvalue weighted by Gasteiger charge is -2.34. The van der Waals surface area contributed by atoms with Crippen LogP contribution in [0.5, 0.6) is 5.75 Å². The third-order valence-electron chi connectivity index (χ3n) is 6.66. The van der Waals surface area contributed by atoms with Crippen molar-refractivity contribution in [3.63, 3.8) is 0 Å². The van der Waals surface area contributed by atoms with E-state index >= 15 is 0 Å². The number of amides is 2. The zero-order chi connectivity index (χ0) is 27.0. The fourth-order valence-corrected chi connectivity index (χ4v) is 5.58. The van der Waals surface area contributed by atoms with Crippen LogP contribution in [0.15, 0.2) is 54.6 Å². The van der Waals surface area contributed by atoms with Crippen molar-refractivity contribution < 1.29 is 22.7 Å². The molecule has 10 heteroatoms. The molecule has 202 valence electrons. The average molecular weight is 531 g/mol. The first kappa shape index (κ1) is 28.5. The van der Waals surface area contributed by atoms with E-state index in [4.69, 9.17) is 4.74 Å². The minimum Gasteiger partial charge on any atom is -0.497 e.